The average molecular weight is 575 g/mol. The minimum Gasteiger partial charge on any atom is -0.494 e. The van der Waals surface area contributed by atoms with Crippen molar-refractivity contribution in [3.05, 3.63) is 99.4 Å². The first-order chi connectivity index (χ1) is 18.5. The standard InChI is InChI=1S/C27H12F6N2O2S2/c1-35-25(19-5-3-17(39-19)11-8-14(30)23(33)15(31)9-11)21-20(27(35)37)24(34-26(21)36)18-4-2-16(38-18)10-6-12(28)22(32)13(29)7-10/h2-9,37H,1H3. The zero-order chi connectivity index (χ0) is 27.7. The van der Waals surface area contributed by atoms with Gasteiger partial charge >= 0.3 is 0 Å². The van der Waals surface area contributed by atoms with Crippen LogP contribution in [0.3, 0.4) is 0 Å². The maximum absolute atomic E-state index is 13.8. The normalized spacial score (nSPS) is 12.8. The van der Waals surface area contributed by atoms with Gasteiger partial charge in [0, 0.05) is 16.8 Å². The predicted octanol–water partition coefficient (Wildman–Crippen LogP) is 7.68. The van der Waals surface area contributed by atoms with E-state index in [1.54, 1.807) is 18.2 Å². The minimum atomic E-state index is -1.58. The molecule has 0 radical (unpaired) electrons. The van der Waals surface area contributed by atoms with Crippen LogP contribution in [0.15, 0.2) is 53.5 Å². The highest BCUT2D eigenvalue weighted by Gasteiger charge is 2.36. The zero-order valence-corrected chi connectivity index (χ0v) is 21.1. The number of carbonyl (C=O) groups excluding carboxylic acids is 1. The third-order valence-electron chi connectivity index (χ3n) is 6.24. The quantitative estimate of drug-likeness (QED) is 0.177. The van der Waals surface area contributed by atoms with Crippen molar-refractivity contribution in [1.82, 2.24) is 4.57 Å². The van der Waals surface area contributed by atoms with Gasteiger partial charge in [-0.3, -0.25) is 4.79 Å². The van der Waals surface area contributed by atoms with Crippen LogP contribution in [0.5, 0.6) is 5.88 Å². The molecule has 12 heteroatoms. The molecule has 0 fully saturated rings. The summed E-state index contributed by atoms with van der Waals surface area (Å²) in [5.74, 6) is -9.45. The average Bonchev–Trinajstić information content (AvgIpc) is 3.68. The van der Waals surface area contributed by atoms with Crippen molar-refractivity contribution in [2.24, 2.45) is 12.0 Å². The number of aliphatic imine (C=N–C) groups is 1. The van der Waals surface area contributed by atoms with E-state index in [9.17, 15) is 36.2 Å². The number of nitrogens with zero attached hydrogens (tertiary/aromatic N) is 2. The molecule has 0 atom stereocenters. The van der Waals surface area contributed by atoms with Crippen LogP contribution in [0.1, 0.15) is 20.8 Å². The molecule has 39 heavy (non-hydrogen) atoms. The maximum atomic E-state index is 13.8. The second kappa shape index (κ2) is 8.95. The van der Waals surface area contributed by atoms with E-state index in [0.29, 0.717) is 25.2 Å². The van der Waals surface area contributed by atoms with E-state index >= 15 is 0 Å². The van der Waals surface area contributed by atoms with E-state index in [2.05, 4.69) is 4.99 Å². The molecule has 1 N–H and O–H groups in total. The fourth-order valence-electron chi connectivity index (χ4n) is 4.42. The van der Waals surface area contributed by atoms with Gasteiger partial charge in [-0.1, -0.05) is 0 Å². The van der Waals surface area contributed by atoms with Crippen LogP contribution in [-0.4, -0.2) is 21.3 Å². The summed E-state index contributed by atoms with van der Waals surface area (Å²) in [5.41, 5.74) is 0.893. The summed E-state index contributed by atoms with van der Waals surface area (Å²) in [6, 6.07) is 9.67. The van der Waals surface area contributed by atoms with Gasteiger partial charge in [-0.15, -0.1) is 22.7 Å². The van der Waals surface area contributed by atoms with Gasteiger partial charge in [-0.25, -0.2) is 31.3 Å². The summed E-state index contributed by atoms with van der Waals surface area (Å²) in [6.07, 6.45) is 0. The molecule has 4 nitrogen and oxygen atoms in total. The smallest absolute Gasteiger partial charge is 0.280 e. The van der Waals surface area contributed by atoms with Crippen LogP contribution in [0.2, 0.25) is 0 Å². The van der Waals surface area contributed by atoms with E-state index in [1.165, 1.54) is 17.7 Å². The molecule has 0 unspecified atom stereocenters. The number of aromatic nitrogens is 1. The molecule has 1 aliphatic rings. The van der Waals surface area contributed by atoms with Gasteiger partial charge in [0.1, 0.15) is 0 Å². The number of thiophene rings is 2. The fraction of sp³-hybridized carbons (Fsp3) is 0.0370. The van der Waals surface area contributed by atoms with Gasteiger partial charge in [0.2, 0.25) is 5.88 Å². The summed E-state index contributed by atoms with van der Waals surface area (Å²) < 4.78 is 83.2. The van der Waals surface area contributed by atoms with Crippen molar-refractivity contribution in [1.29, 1.82) is 0 Å². The Morgan fingerprint density at radius 1 is 0.692 bits per heavy atom. The van der Waals surface area contributed by atoms with Crippen LogP contribution in [0, 0.1) is 34.9 Å². The summed E-state index contributed by atoms with van der Waals surface area (Å²) in [4.78, 5) is 18.8. The Balaban J connectivity index is 1.41. The number of halogens is 6. The van der Waals surface area contributed by atoms with Gasteiger partial charge in [0.15, 0.2) is 34.9 Å². The largest absolute Gasteiger partial charge is 0.494 e. The first-order valence-electron chi connectivity index (χ1n) is 11.1. The number of fused-ring (bicyclic) bond motifs is 1. The minimum absolute atomic E-state index is 0.0885. The molecule has 5 aromatic rings. The lowest BCUT2D eigenvalue weighted by Gasteiger charge is -2.04. The molecule has 0 saturated carbocycles. The van der Waals surface area contributed by atoms with Crippen molar-refractivity contribution in [2.45, 2.75) is 0 Å². The molecule has 2 aromatic carbocycles. The third kappa shape index (κ3) is 3.90. The number of carbonyl (C=O) groups is 1. The van der Waals surface area contributed by atoms with Crippen molar-refractivity contribution in [2.75, 3.05) is 0 Å². The monoisotopic (exact) mass is 574 g/mol. The molecule has 4 heterocycles. The molecule has 0 saturated heterocycles. The first kappa shape index (κ1) is 25.1. The van der Waals surface area contributed by atoms with Crippen molar-refractivity contribution in [3.8, 4) is 37.3 Å². The van der Waals surface area contributed by atoms with Gasteiger partial charge < -0.3 is 9.67 Å². The lowest BCUT2D eigenvalue weighted by atomic mass is 10.1. The summed E-state index contributed by atoms with van der Waals surface area (Å²) in [6.45, 7) is 0. The van der Waals surface area contributed by atoms with E-state index in [0.717, 1.165) is 46.9 Å². The maximum Gasteiger partial charge on any atom is 0.280 e. The van der Waals surface area contributed by atoms with Crippen molar-refractivity contribution >= 4 is 34.3 Å². The molecule has 1 amide bonds. The van der Waals surface area contributed by atoms with Crippen LogP contribution in [-0.2, 0) is 7.05 Å². The molecular weight excluding hydrogens is 562 g/mol. The Morgan fingerprint density at radius 2 is 1.13 bits per heavy atom. The molecule has 0 spiro atoms. The molecule has 6 rings (SSSR count). The number of benzene rings is 2. The SMILES string of the molecule is Cn1c(O)c2c(c1-c1ccc(-c3cc(F)c(F)c(F)c3)s1)C(=O)N=C2c1ccc(-c2cc(F)c(F)c(F)c2)s1. The highest BCUT2D eigenvalue weighted by atomic mass is 32.1. The van der Waals surface area contributed by atoms with E-state index in [-0.39, 0.29) is 33.8 Å². The van der Waals surface area contributed by atoms with Gasteiger partial charge in [-0.2, -0.15) is 0 Å². The number of amides is 1. The zero-order valence-electron chi connectivity index (χ0n) is 19.5. The Morgan fingerprint density at radius 3 is 1.64 bits per heavy atom. The molecule has 196 valence electrons. The third-order valence-corrected chi connectivity index (χ3v) is 8.53. The molecule has 3 aromatic heterocycles. The van der Waals surface area contributed by atoms with Gasteiger partial charge in [0.25, 0.3) is 5.91 Å². The number of hydrogen-bond donors (Lipinski definition) is 1. The van der Waals surface area contributed by atoms with Crippen molar-refractivity contribution < 1.29 is 36.2 Å². The summed E-state index contributed by atoms with van der Waals surface area (Å²) in [7, 11) is 1.52. The fourth-order valence-corrected chi connectivity index (χ4v) is 6.49. The van der Waals surface area contributed by atoms with Crippen LogP contribution >= 0.6 is 22.7 Å². The van der Waals surface area contributed by atoms with Crippen LogP contribution in [0.25, 0.3) is 31.5 Å². The van der Waals surface area contributed by atoms with E-state index in [4.69, 9.17) is 0 Å². The highest BCUT2D eigenvalue weighted by Crippen LogP contribution is 2.45. The molecule has 0 aliphatic carbocycles. The molecule has 1 aliphatic heterocycles. The first-order valence-corrected chi connectivity index (χ1v) is 12.7. The Labute approximate surface area is 223 Å². The summed E-state index contributed by atoms with van der Waals surface area (Å²) in [5, 5.41) is 11.0. The van der Waals surface area contributed by atoms with Crippen LogP contribution in [0.4, 0.5) is 26.3 Å². The molecular formula is C27H12F6N2O2S2. The second-order valence-corrected chi connectivity index (χ2v) is 10.7. The predicted molar refractivity (Wildman–Crippen MR) is 135 cm³/mol. The highest BCUT2D eigenvalue weighted by molar-refractivity contribution is 7.19. The number of aromatic hydroxyl groups is 1. The lowest BCUT2D eigenvalue weighted by molar-refractivity contribution is 0.101. The number of rotatable bonds is 4. The second-order valence-electron chi connectivity index (χ2n) is 8.58. The van der Waals surface area contributed by atoms with E-state index < -0.39 is 40.8 Å². The Bertz CT molecular complexity index is 1840. The van der Waals surface area contributed by atoms with E-state index in [1.807, 2.05) is 0 Å². The number of hydrogen-bond acceptors (Lipinski definition) is 4. The van der Waals surface area contributed by atoms with Gasteiger partial charge in [-0.05, 0) is 59.7 Å². The van der Waals surface area contributed by atoms with Gasteiger partial charge in [0.05, 0.1) is 32.3 Å². The molecule has 0 bridgehead atoms. The lowest BCUT2D eigenvalue weighted by Crippen LogP contribution is -1.98. The van der Waals surface area contributed by atoms with Crippen molar-refractivity contribution in [3.63, 3.8) is 0 Å². The summed E-state index contributed by atoms with van der Waals surface area (Å²) >= 11 is 2.11. The Kier molecular flexibility index (Phi) is 5.77. The topological polar surface area (TPSA) is 54.6 Å². The van der Waals surface area contributed by atoms with Crippen LogP contribution < -0.4 is 0 Å². The Hall–Kier alpha value is -4.16.